The molecule has 0 spiro atoms. The summed E-state index contributed by atoms with van der Waals surface area (Å²) in [5, 5.41) is 33.3. The lowest BCUT2D eigenvalue weighted by atomic mass is 9.97. The fraction of sp³-hybridized carbons (Fsp3) is 0.417. The Morgan fingerprint density at radius 1 is 1.07 bits per heavy atom. The summed E-state index contributed by atoms with van der Waals surface area (Å²) >= 11 is 1.73. The van der Waals surface area contributed by atoms with E-state index in [1.807, 2.05) is 38.1 Å². The van der Waals surface area contributed by atoms with E-state index in [1.54, 1.807) is 23.5 Å². The molecule has 0 saturated carbocycles. The van der Waals surface area contributed by atoms with Gasteiger partial charge in [0.1, 0.15) is 0 Å². The van der Waals surface area contributed by atoms with Crippen molar-refractivity contribution in [2.75, 3.05) is 11.9 Å². The predicted octanol–water partition coefficient (Wildman–Crippen LogP) is 5.29. The van der Waals surface area contributed by atoms with Crippen molar-refractivity contribution in [1.29, 1.82) is 0 Å². The van der Waals surface area contributed by atoms with Crippen LogP contribution in [-0.4, -0.2) is 27.5 Å². The zero-order valence-electron chi connectivity index (χ0n) is 17.6. The Balaban J connectivity index is 1.93. The Morgan fingerprint density at radius 3 is 2.34 bits per heavy atom. The van der Waals surface area contributed by atoms with Gasteiger partial charge >= 0.3 is 0 Å². The first-order chi connectivity index (χ1) is 13.9. The molecule has 0 aliphatic rings. The van der Waals surface area contributed by atoms with Crippen LogP contribution < -0.4 is 5.32 Å². The van der Waals surface area contributed by atoms with Gasteiger partial charge in [0.2, 0.25) is 0 Å². The van der Waals surface area contributed by atoms with Crippen LogP contribution in [0.3, 0.4) is 0 Å². The molecule has 0 amide bonds. The molecule has 4 nitrogen and oxygen atoms in total. The van der Waals surface area contributed by atoms with E-state index in [4.69, 9.17) is 10.2 Å². The fourth-order valence-corrected chi connectivity index (χ4v) is 4.02. The van der Waals surface area contributed by atoms with E-state index in [1.165, 1.54) is 10.5 Å². The third-order valence-corrected chi connectivity index (χ3v) is 6.34. The zero-order valence-corrected chi connectivity index (χ0v) is 18.4. The second-order valence-electron chi connectivity index (χ2n) is 7.17. The number of anilines is 1. The van der Waals surface area contributed by atoms with Crippen molar-refractivity contribution in [2.24, 2.45) is 0 Å². The zero-order chi connectivity index (χ0) is 21.3. The normalized spacial score (nSPS) is 12.9. The van der Waals surface area contributed by atoms with Crippen LogP contribution in [0.25, 0.3) is 5.57 Å². The smallest absolute Gasteiger partial charge is 0.178 e. The van der Waals surface area contributed by atoms with Gasteiger partial charge in [-0.05, 0) is 49.0 Å². The summed E-state index contributed by atoms with van der Waals surface area (Å²) in [6, 6.07) is 11.6. The highest BCUT2D eigenvalue weighted by atomic mass is 32.1. The molecule has 2 rings (SSSR count). The van der Waals surface area contributed by atoms with Crippen LogP contribution in [0.2, 0.25) is 0 Å². The molecule has 158 valence electrons. The minimum atomic E-state index is -1.42. The number of hydrogen-bond donors (Lipinski definition) is 4. The van der Waals surface area contributed by atoms with Crippen molar-refractivity contribution in [3.63, 3.8) is 0 Å². The first kappa shape index (κ1) is 23.4. The van der Waals surface area contributed by atoms with Crippen LogP contribution in [0, 0.1) is 0 Å². The number of thiophene rings is 1. The highest BCUT2D eigenvalue weighted by molar-refractivity contribution is 7.17. The molecule has 1 heterocycles. The summed E-state index contributed by atoms with van der Waals surface area (Å²) in [6.07, 6.45) is 7.79. The van der Waals surface area contributed by atoms with Gasteiger partial charge in [0.05, 0.1) is 10.6 Å². The summed E-state index contributed by atoms with van der Waals surface area (Å²) in [5.41, 5.74) is 2.20. The van der Waals surface area contributed by atoms with E-state index < -0.39 is 11.9 Å². The van der Waals surface area contributed by atoms with E-state index >= 15 is 0 Å². The predicted molar refractivity (Wildman–Crippen MR) is 123 cm³/mol. The summed E-state index contributed by atoms with van der Waals surface area (Å²) in [7, 11) is 0. The molecular formula is C24H33NO3S. The summed E-state index contributed by atoms with van der Waals surface area (Å²) in [5.74, 6) is 0. The summed E-state index contributed by atoms with van der Waals surface area (Å²) in [4.78, 5) is 1.23. The van der Waals surface area contributed by atoms with Gasteiger partial charge in [0, 0.05) is 17.0 Å². The summed E-state index contributed by atoms with van der Waals surface area (Å²) in [6.45, 7) is 6.96. The van der Waals surface area contributed by atoms with Gasteiger partial charge in [0.25, 0.3) is 0 Å². The number of benzene rings is 1. The first-order valence-electron chi connectivity index (χ1n) is 10.3. The van der Waals surface area contributed by atoms with Crippen LogP contribution in [-0.2, 0) is 6.42 Å². The lowest BCUT2D eigenvalue weighted by molar-refractivity contribution is -0.0424. The minimum Gasteiger partial charge on any atom is -0.386 e. The van der Waals surface area contributed by atoms with Gasteiger partial charge < -0.3 is 20.6 Å². The molecule has 2 aromatic rings. The third kappa shape index (κ3) is 7.12. The molecule has 0 aliphatic heterocycles. The van der Waals surface area contributed by atoms with E-state index in [0.717, 1.165) is 30.0 Å². The van der Waals surface area contributed by atoms with Crippen LogP contribution in [0.4, 0.5) is 5.00 Å². The van der Waals surface area contributed by atoms with Gasteiger partial charge in [0.15, 0.2) is 6.29 Å². The van der Waals surface area contributed by atoms with Crippen LogP contribution in [0.5, 0.6) is 0 Å². The number of nitrogens with one attached hydrogen (secondary N) is 1. The van der Waals surface area contributed by atoms with E-state index in [-0.39, 0.29) is 0 Å². The number of aliphatic hydroxyl groups excluding tert-OH is 1. The van der Waals surface area contributed by atoms with Gasteiger partial charge in [-0.2, -0.15) is 0 Å². The quantitative estimate of drug-likeness (QED) is 0.297. The second kappa shape index (κ2) is 11.3. The van der Waals surface area contributed by atoms with E-state index in [2.05, 4.69) is 30.4 Å². The summed E-state index contributed by atoms with van der Waals surface area (Å²) < 4.78 is 0. The van der Waals surface area contributed by atoms with Gasteiger partial charge in [-0.1, -0.05) is 63.3 Å². The number of hydrogen-bond acceptors (Lipinski definition) is 5. The standard InChI is InChI=1S/C24H33NO3S/c1-4-19(8-7-16-24(28,5-2)6-3)21-13-14-22(29-21)25-17-15-18-9-11-20(12-10-18)23(26)27/h7-14,16,23,25-28H,4-6,15,17H2,1-3H3. The molecule has 0 saturated heterocycles. The van der Waals surface area contributed by atoms with Crippen molar-refractivity contribution >= 4 is 21.9 Å². The van der Waals surface area contributed by atoms with Crippen molar-refractivity contribution in [2.45, 2.75) is 58.3 Å². The molecule has 0 radical (unpaired) electrons. The Hall–Kier alpha value is -1.92. The van der Waals surface area contributed by atoms with Gasteiger partial charge in [-0.3, -0.25) is 0 Å². The van der Waals surface area contributed by atoms with Gasteiger partial charge in [-0.15, -0.1) is 11.3 Å². The maximum absolute atomic E-state index is 10.4. The van der Waals surface area contributed by atoms with Crippen molar-refractivity contribution < 1.29 is 15.3 Å². The molecule has 0 unspecified atom stereocenters. The van der Waals surface area contributed by atoms with Gasteiger partial charge in [-0.25, -0.2) is 0 Å². The Kier molecular flexibility index (Phi) is 9.11. The lowest BCUT2D eigenvalue weighted by Gasteiger charge is -2.19. The Labute approximate surface area is 178 Å². The number of aliphatic hydroxyl groups is 3. The molecule has 1 aromatic heterocycles. The Bertz CT molecular complexity index is 802. The molecule has 0 atom stereocenters. The Morgan fingerprint density at radius 2 is 1.76 bits per heavy atom. The number of allylic oxidation sites excluding steroid dienone is 3. The monoisotopic (exact) mass is 415 g/mol. The second-order valence-corrected chi connectivity index (χ2v) is 8.25. The molecule has 0 bridgehead atoms. The van der Waals surface area contributed by atoms with E-state index in [9.17, 15) is 5.11 Å². The molecular weight excluding hydrogens is 382 g/mol. The van der Waals surface area contributed by atoms with Crippen LogP contribution in [0.1, 0.15) is 62.3 Å². The highest BCUT2D eigenvalue weighted by Gasteiger charge is 2.16. The highest BCUT2D eigenvalue weighted by Crippen LogP contribution is 2.30. The maximum atomic E-state index is 10.4. The fourth-order valence-electron chi connectivity index (χ4n) is 3.00. The van der Waals surface area contributed by atoms with Crippen LogP contribution in [0.15, 0.2) is 54.6 Å². The largest absolute Gasteiger partial charge is 0.386 e. The molecule has 5 heteroatoms. The molecule has 0 aliphatic carbocycles. The first-order valence-corrected chi connectivity index (χ1v) is 11.1. The van der Waals surface area contributed by atoms with Crippen molar-refractivity contribution in [3.8, 4) is 0 Å². The molecule has 4 N–H and O–H groups in total. The van der Waals surface area contributed by atoms with Crippen molar-refractivity contribution in [3.05, 3.63) is 70.6 Å². The topological polar surface area (TPSA) is 72.7 Å². The molecule has 29 heavy (non-hydrogen) atoms. The van der Waals surface area contributed by atoms with Crippen LogP contribution >= 0.6 is 11.3 Å². The lowest BCUT2D eigenvalue weighted by Crippen LogP contribution is -2.22. The maximum Gasteiger partial charge on any atom is 0.178 e. The van der Waals surface area contributed by atoms with E-state index in [0.29, 0.717) is 18.4 Å². The average molecular weight is 416 g/mol. The average Bonchev–Trinajstić information content (AvgIpc) is 3.20. The van der Waals surface area contributed by atoms with Crippen molar-refractivity contribution in [1.82, 2.24) is 0 Å². The molecule has 1 aromatic carbocycles. The third-order valence-electron chi connectivity index (χ3n) is 5.22. The SMILES string of the molecule is CCC(=CC=CC(O)(CC)CC)c1ccc(NCCc2ccc(C(O)O)cc2)s1. The number of rotatable bonds is 11. The molecule has 0 fully saturated rings. The minimum absolute atomic E-state index is 0.508.